The summed E-state index contributed by atoms with van der Waals surface area (Å²) in [5.74, 6) is -0.956. The number of aromatic nitrogens is 2. The highest BCUT2D eigenvalue weighted by Crippen LogP contribution is 2.30. The van der Waals surface area contributed by atoms with Crippen LogP contribution in [0.1, 0.15) is 36.8 Å². The maximum Gasteiger partial charge on any atom is 0.138 e. The number of para-hydroxylation sites is 2. The average Bonchev–Trinajstić information content (AvgIpc) is 3.17. The Morgan fingerprint density at radius 3 is 2.15 bits per heavy atom. The molecule has 0 saturated carbocycles. The van der Waals surface area contributed by atoms with Crippen molar-refractivity contribution in [2.24, 2.45) is 0 Å². The molecule has 0 N–H and O–H groups in total. The Labute approximate surface area is 198 Å². The van der Waals surface area contributed by atoms with Crippen LogP contribution in [0.2, 0.25) is 0 Å². The minimum Gasteiger partial charge on any atom is -0.340 e. The van der Waals surface area contributed by atoms with Gasteiger partial charge in [0.25, 0.3) is 0 Å². The van der Waals surface area contributed by atoms with Gasteiger partial charge in [0, 0.05) is 45.7 Å². The van der Waals surface area contributed by atoms with Gasteiger partial charge in [-0.05, 0) is 68.1 Å². The average molecular weight is 455 g/mol. The molecule has 0 atom stereocenters. The van der Waals surface area contributed by atoms with Crippen LogP contribution in [0.4, 0.5) is 8.78 Å². The summed E-state index contributed by atoms with van der Waals surface area (Å²) in [7, 11) is 0. The summed E-state index contributed by atoms with van der Waals surface area (Å²) in [6, 6.07) is 23.6. The number of pyridine rings is 1. The van der Waals surface area contributed by atoms with Gasteiger partial charge in [-0.2, -0.15) is 0 Å². The van der Waals surface area contributed by atoms with Crippen molar-refractivity contribution >= 4 is 21.8 Å². The predicted molar refractivity (Wildman–Crippen MR) is 136 cm³/mol. The molecule has 5 aromatic rings. The van der Waals surface area contributed by atoms with Crippen LogP contribution in [0.3, 0.4) is 0 Å². The molecule has 0 aliphatic rings. The number of unbranched alkanes of at least 4 members (excludes halogenated alkanes) is 3. The van der Waals surface area contributed by atoms with Crippen LogP contribution in [0.15, 0.2) is 79.0 Å². The molecule has 0 spiro atoms. The lowest BCUT2D eigenvalue weighted by atomic mass is 10.00. The highest BCUT2D eigenvalue weighted by molar-refractivity contribution is 6.07. The predicted octanol–water partition coefficient (Wildman–Crippen LogP) is 8.25. The normalized spacial score (nSPS) is 11.5. The molecule has 4 heteroatoms. The maximum absolute atomic E-state index is 15.1. The number of benzene rings is 3. The molecule has 0 amide bonds. The monoisotopic (exact) mass is 454 g/mol. The van der Waals surface area contributed by atoms with E-state index in [2.05, 4.69) is 58.1 Å². The highest BCUT2D eigenvalue weighted by atomic mass is 19.1. The second-order valence-corrected chi connectivity index (χ2v) is 8.96. The van der Waals surface area contributed by atoms with E-state index >= 15 is 4.39 Å². The molecule has 0 aliphatic carbocycles. The standard InChI is InChI=1S/C30H28F2N2/c1-21-17-18-33-27(20-21)25-15-16-26(31)24(30(25)32)12-4-2-3-9-19-34-28-13-7-5-10-22(28)23-11-6-8-14-29(23)34/h5-8,10-11,13-18,20H,2-4,9,12,19H2,1H3. The van der Waals surface area contributed by atoms with Gasteiger partial charge in [0.15, 0.2) is 0 Å². The van der Waals surface area contributed by atoms with Crippen molar-refractivity contribution in [3.8, 4) is 11.3 Å². The van der Waals surface area contributed by atoms with E-state index in [1.807, 2.05) is 19.1 Å². The lowest BCUT2D eigenvalue weighted by molar-refractivity contribution is 0.537. The largest absolute Gasteiger partial charge is 0.340 e. The van der Waals surface area contributed by atoms with E-state index in [1.54, 1.807) is 6.20 Å². The number of nitrogens with zero attached hydrogens (tertiary/aromatic N) is 2. The number of rotatable bonds is 8. The summed E-state index contributed by atoms with van der Waals surface area (Å²) < 4.78 is 31.9. The van der Waals surface area contributed by atoms with E-state index in [4.69, 9.17) is 0 Å². The minimum absolute atomic E-state index is 0.170. The van der Waals surface area contributed by atoms with Gasteiger partial charge < -0.3 is 4.57 Å². The molecule has 0 bridgehead atoms. The maximum atomic E-state index is 15.1. The van der Waals surface area contributed by atoms with Crippen molar-refractivity contribution in [1.29, 1.82) is 0 Å². The van der Waals surface area contributed by atoms with Crippen molar-refractivity contribution in [1.82, 2.24) is 9.55 Å². The molecule has 3 aromatic carbocycles. The molecule has 5 rings (SSSR count). The Morgan fingerprint density at radius 2 is 1.44 bits per heavy atom. The Bertz CT molecular complexity index is 1400. The van der Waals surface area contributed by atoms with Gasteiger partial charge in [-0.3, -0.25) is 4.98 Å². The highest BCUT2D eigenvalue weighted by Gasteiger charge is 2.16. The summed E-state index contributed by atoms with van der Waals surface area (Å²) in [4.78, 5) is 4.26. The summed E-state index contributed by atoms with van der Waals surface area (Å²) in [5.41, 5.74) is 4.60. The van der Waals surface area contributed by atoms with Crippen molar-refractivity contribution in [2.75, 3.05) is 0 Å². The smallest absolute Gasteiger partial charge is 0.138 e. The zero-order valence-corrected chi connectivity index (χ0v) is 19.4. The third-order valence-corrected chi connectivity index (χ3v) is 6.62. The minimum atomic E-state index is -0.483. The number of halogens is 2. The van der Waals surface area contributed by atoms with Crippen LogP contribution < -0.4 is 0 Å². The number of aryl methyl sites for hydroxylation is 2. The molecule has 2 heterocycles. The Morgan fingerprint density at radius 1 is 0.765 bits per heavy atom. The van der Waals surface area contributed by atoms with E-state index in [0.29, 0.717) is 17.7 Å². The summed E-state index contributed by atoms with van der Waals surface area (Å²) in [5, 5.41) is 2.57. The van der Waals surface area contributed by atoms with Crippen LogP contribution in [0.5, 0.6) is 0 Å². The molecule has 0 saturated heterocycles. The first-order chi connectivity index (χ1) is 16.6. The number of hydrogen-bond acceptors (Lipinski definition) is 1. The fourth-order valence-corrected chi connectivity index (χ4v) is 4.88. The number of fused-ring (bicyclic) bond motifs is 3. The fraction of sp³-hybridized carbons (Fsp3) is 0.233. The summed E-state index contributed by atoms with van der Waals surface area (Å²) in [6.07, 6.45) is 5.79. The van der Waals surface area contributed by atoms with Gasteiger partial charge in [0.2, 0.25) is 0 Å². The zero-order chi connectivity index (χ0) is 23.5. The van der Waals surface area contributed by atoms with E-state index in [0.717, 1.165) is 37.8 Å². The topological polar surface area (TPSA) is 17.8 Å². The van der Waals surface area contributed by atoms with Crippen LogP contribution in [-0.4, -0.2) is 9.55 Å². The first kappa shape index (κ1) is 22.3. The molecule has 0 radical (unpaired) electrons. The molecule has 34 heavy (non-hydrogen) atoms. The third-order valence-electron chi connectivity index (χ3n) is 6.62. The second kappa shape index (κ2) is 9.76. The molecule has 2 aromatic heterocycles. The van der Waals surface area contributed by atoms with Gasteiger partial charge in [-0.15, -0.1) is 0 Å². The van der Waals surface area contributed by atoms with Gasteiger partial charge in [0.05, 0.1) is 5.69 Å². The van der Waals surface area contributed by atoms with E-state index in [-0.39, 0.29) is 5.56 Å². The van der Waals surface area contributed by atoms with E-state index < -0.39 is 11.6 Å². The molecule has 172 valence electrons. The molecular weight excluding hydrogens is 426 g/mol. The van der Waals surface area contributed by atoms with Crippen LogP contribution in [-0.2, 0) is 13.0 Å². The van der Waals surface area contributed by atoms with E-state index in [1.165, 1.54) is 33.9 Å². The van der Waals surface area contributed by atoms with Gasteiger partial charge in [-0.1, -0.05) is 49.2 Å². The summed E-state index contributed by atoms with van der Waals surface area (Å²) in [6.45, 7) is 2.87. The third kappa shape index (κ3) is 4.33. The van der Waals surface area contributed by atoms with E-state index in [9.17, 15) is 4.39 Å². The van der Waals surface area contributed by atoms with Gasteiger partial charge in [-0.25, -0.2) is 8.78 Å². The van der Waals surface area contributed by atoms with Crippen LogP contribution in [0.25, 0.3) is 33.1 Å². The second-order valence-electron chi connectivity index (χ2n) is 8.96. The molecule has 2 nitrogen and oxygen atoms in total. The first-order valence-electron chi connectivity index (χ1n) is 12.0. The Balaban J connectivity index is 1.22. The van der Waals surface area contributed by atoms with Gasteiger partial charge >= 0.3 is 0 Å². The quantitative estimate of drug-likeness (QED) is 0.216. The zero-order valence-electron chi connectivity index (χ0n) is 19.4. The van der Waals surface area contributed by atoms with Gasteiger partial charge in [0.1, 0.15) is 11.6 Å². The van der Waals surface area contributed by atoms with Crippen LogP contribution in [0, 0.1) is 18.6 Å². The van der Waals surface area contributed by atoms with Crippen molar-refractivity contribution in [3.63, 3.8) is 0 Å². The first-order valence-corrected chi connectivity index (χ1v) is 12.0. The summed E-state index contributed by atoms with van der Waals surface area (Å²) >= 11 is 0. The Hall–Kier alpha value is -3.53. The molecule has 0 fully saturated rings. The molecule has 0 unspecified atom stereocenters. The lowest BCUT2D eigenvalue weighted by Crippen LogP contribution is -2.01. The Kier molecular flexibility index (Phi) is 6.39. The fourth-order valence-electron chi connectivity index (χ4n) is 4.88. The van der Waals surface area contributed by atoms with Crippen molar-refractivity contribution in [2.45, 2.75) is 45.6 Å². The van der Waals surface area contributed by atoms with Crippen molar-refractivity contribution < 1.29 is 8.78 Å². The SMILES string of the molecule is Cc1ccnc(-c2ccc(F)c(CCCCCCn3c4ccccc4c4ccccc43)c2F)c1. The molecule has 0 aliphatic heterocycles. The molecular formula is C30H28F2N2. The number of hydrogen-bond donors (Lipinski definition) is 0. The van der Waals surface area contributed by atoms with Crippen LogP contribution >= 0.6 is 0 Å². The van der Waals surface area contributed by atoms with Crippen molar-refractivity contribution in [3.05, 3.63) is 102 Å². The lowest BCUT2D eigenvalue weighted by Gasteiger charge is -2.11.